The zero-order valence-electron chi connectivity index (χ0n) is 8.93. The third-order valence-corrected chi connectivity index (χ3v) is 2.56. The van der Waals surface area contributed by atoms with Gasteiger partial charge in [-0.2, -0.15) is 0 Å². The molecule has 0 N–H and O–H groups in total. The van der Waals surface area contributed by atoms with E-state index in [2.05, 4.69) is 0 Å². The molecule has 2 nitrogen and oxygen atoms in total. The fourth-order valence-corrected chi connectivity index (χ4v) is 1.74. The average Bonchev–Trinajstić information content (AvgIpc) is 2.03. The maximum atomic E-state index is 12.9. The molecule has 2 aliphatic rings. The van der Waals surface area contributed by atoms with Crippen LogP contribution in [0.5, 0.6) is 0 Å². The molecule has 0 unspecified atom stereocenters. The Morgan fingerprint density at radius 2 is 1.93 bits per heavy atom. The molecule has 2 fully saturated rings. The second kappa shape index (κ2) is 5.03. The minimum Gasteiger partial charge on any atom is -0.378 e. The molecule has 0 atom stereocenters. The maximum Gasteiger partial charge on any atom is 0.260 e. The molecular weight excluding hydrogens is 188 g/mol. The lowest BCUT2D eigenvalue weighted by Crippen LogP contribution is -2.55. The standard InChI is InChI=1S/C8H13F2NO.C2H6/c9-8(10)2-1-3-11(6-8)7-4-12-5-7;1-2/h7H,1-6H2;1-2H3. The smallest absolute Gasteiger partial charge is 0.260 e. The molecule has 2 heterocycles. The Bertz CT molecular complexity index is 172. The number of hydrogen-bond acceptors (Lipinski definition) is 2. The average molecular weight is 207 g/mol. The number of ether oxygens (including phenoxy) is 1. The second-order valence-corrected chi connectivity index (χ2v) is 3.62. The van der Waals surface area contributed by atoms with E-state index >= 15 is 0 Å². The van der Waals surface area contributed by atoms with Gasteiger partial charge in [0.25, 0.3) is 5.92 Å². The summed E-state index contributed by atoms with van der Waals surface area (Å²) in [7, 11) is 0. The third-order valence-electron chi connectivity index (χ3n) is 2.56. The SMILES string of the molecule is CC.FC1(F)CCCN(C2COC2)C1. The van der Waals surface area contributed by atoms with Crippen LogP contribution in [0.1, 0.15) is 26.7 Å². The summed E-state index contributed by atoms with van der Waals surface area (Å²) in [5, 5.41) is 0. The van der Waals surface area contributed by atoms with Gasteiger partial charge in [-0.05, 0) is 13.0 Å². The molecular formula is C10H19F2NO. The van der Waals surface area contributed by atoms with Crippen molar-refractivity contribution in [3.8, 4) is 0 Å². The Hall–Kier alpha value is -0.220. The lowest BCUT2D eigenvalue weighted by molar-refractivity contribution is -0.126. The predicted molar refractivity (Wildman–Crippen MR) is 51.7 cm³/mol. The minimum atomic E-state index is -2.46. The molecule has 0 aromatic carbocycles. The number of piperidine rings is 1. The van der Waals surface area contributed by atoms with Gasteiger partial charge in [-0.15, -0.1) is 0 Å². The van der Waals surface area contributed by atoms with Crippen LogP contribution in [0.15, 0.2) is 0 Å². The first-order chi connectivity index (χ1) is 6.67. The van der Waals surface area contributed by atoms with Gasteiger partial charge in [-0.1, -0.05) is 13.8 Å². The molecule has 4 heteroatoms. The zero-order valence-corrected chi connectivity index (χ0v) is 8.93. The van der Waals surface area contributed by atoms with E-state index in [1.54, 1.807) is 0 Å². The highest BCUT2D eigenvalue weighted by Gasteiger charge is 2.39. The third kappa shape index (κ3) is 2.89. The molecule has 0 aromatic rings. The summed E-state index contributed by atoms with van der Waals surface area (Å²) in [6, 6.07) is 0.260. The van der Waals surface area contributed by atoms with Crippen molar-refractivity contribution >= 4 is 0 Å². The van der Waals surface area contributed by atoms with E-state index in [0.29, 0.717) is 19.6 Å². The van der Waals surface area contributed by atoms with Crippen LogP contribution in [0.25, 0.3) is 0 Å². The summed E-state index contributed by atoms with van der Waals surface area (Å²) in [4.78, 5) is 1.85. The molecule has 0 spiro atoms. The van der Waals surface area contributed by atoms with E-state index in [1.807, 2.05) is 18.7 Å². The van der Waals surface area contributed by atoms with Gasteiger partial charge in [0.15, 0.2) is 0 Å². The number of halogens is 2. The predicted octanol–water partition coefficient (Wildman–Crippen LogP) is 2.14. The highest BCUT2D eigenvalue weighted by molar-refractivity contribution is 4.85. The molecule has 84 valence electrons. The minimum absolute atomic E-state index is 0.0527. The van der Waals surface area contributed by atoms with Crippen molar-refractivity contribution in [3.05, 3.63) is 0 Å². The van der Waals surface area contributed by atoms with Gasteiger partial charge in [-0.25, -0.2) is 8.78 Å². The van der Waals surface area contributed by atoms with E-state index in [4.69, 9.17) is 4.74 Å². The van der Waals surface area contributed by atoms with Crippen molar-refractivity contribution in [1.82, 2.24) is 4.90 Å². The van der Waals surface area contributed by atoms with E-state index in [0.717, 1.165) is 6.54 Å². The summed E-state index contributed by atoms with van der Waals surface area (Å²) >= 11 is 0. The fourth-order valence-electron chi connectivity index (χ4n) is 1.74. The van der Waals surface area contributed by atoms with Gasteiger partial charge in [0, 0.05) is 6.42 Å². The topological polar surface area (TPSA) is 12.5 Å². The second-order valence-electron chi connectivity index (χ2n) is 3.62. The summed E-state index contributed by atoms with van der Waals surface area (Å²) in [6.07, 6.45) is 0.667. The molecule has 0 amide bonds. The summed E-state index contributed by atoms with van der Waals surface area (Å²) in [6.45, 7) is 6.01. The first-order valence-corrected chi connectivity index (χ1v) is 5.37. The van der Waals surface area contributed by atoms with Crippen LogP contribution in [0.3, 0.4) is 0 Å². The maximum absolute atomic E-state index is 12.9. The van der Waals surface area contributed by atoms with Crippen LogP contribution in [0, 0.1) is 0 Å². The van der Waals surface area contributed by atoms with E-state index in [9.17, 15) is 8.78 Å². The van der Waals surface area contributed by atoms with Crippen molar-refractivity contribution in [3.63, 3.8) is 0 Å². The van der Waals surface area contributed by atoms with Gasteiger partial charge in [0.2, 0.25) is 0 Å². The van der Waals surface area contributed by atoms with Gasteiger partial charge in [0.1, 0.15) is 0 Å². The number of alkyl halides is 2. The number of likely N-dealkylation sites (tertiary alicyclic amines) is 1. The summed E-state index contributed by atoms with van der Waals surface area (Å²) in [5.74, 6) is -2.46. The first-order valence-electron chi connectivity index (χ1n) is 5.37. The van der Waals surface area contributed by atoms with Crippen LogP contribution in [-0.4, -0.2) is 43.2 Å². The molecule has 0 aromatic heterocycles. The molecule has 2 rings (SSSR count). The van der Waals surface area contributed by atoms with Crippen molar-refractivity contribution in [2.45, 2.75) is 38.7 Å². The van der Waals surface area contributed by atoms with Gasteiger partial charge in [-0.3, -0.25) is 4.90 Å². The highest BCUT2D eigenvalue weighted by Crippen LogP contribution is 2.28. The largest absolute Gasteiger partial charge is 0.378 e. The lowest BCUT2D eigenvalue weighted by atomic mass is 10.0. The van der Waals surface area contributed by atoms with Crippen molar-refractivity contribution in [2.24, 2.45) is 0 Å². The van der Waals surface area contributed by atoms with Crippen LogP contribution in [-0.2, 0) is 4.74 Å². The summed E-state index contributed by atoms with van der Waals surface area (Å²) < 4.78 is 30.8. The van der Waals surface area contributed by atoms with Gasteiger partial charge >= 0.3 is 0 Å². The Kier molecular flexibility index (Phi) is 4.26. The zero-order chi connectivity index (χ0) is 10.6. The number of hydrogen-bond donors (Lipinski definition) is 0. The Morgan fingerprint density at radius 3 is 2.36 bits per heavy atom. The van der Waals surface area contributed by atoms with E-state index in [1.165, 1.54) is 0 Å². The van der Waals surface area contributed by atoms with Crippen LogP contribution in [0.4, 0.5) is 8.78 Å². The van der Waals surface area contributed by atoms with Crippen molar-refractivity contribution in [1.29, 1.82) is 0 Å². The first kappa shape index (κ1) is 11.9. The molecule has 0 aliphatic carbocycles. The van der Waals surface area contributed by atoms with Crippen LogP contribution < -0.4 is 0 Å². The van der Waals surface area contributed by atoms with Gasteiger partial charge in [0.05, 0.1) is 25.8 Å². The van der Waals surface area contributed by atoms with E-state index < -0.39 is 5.92 Å². The summed E-state index contributed by atoms with van der Waals surface area (Å²) in [5.41, 5.74) is 0. The number of rotatable bonds is 1. The molecule has 2 saturated heterocycles. The highest BCUT2D eigenvalue weighted by atomic mass is 19.3. The Balaban J connectivity index is 0.000000461. The monoisotopic (exact) mass is 207 g/mol. The molecule has 0 saturated carbocycles. The quantitative estimate of drug-likeness (QED) is 0.653. The Morgan fingerprint density at radius 1 is 1.29 bits per heavy atom. The molecule has 14 heavy (non-hydrogen) atoms. The van der Waals surface area contributed by atoms with E-state index in [-0.39, 0.29) is 19.0 Å². The normalized spacial score (nSPS) is 27.4. The van der Waals surface area contributed by atoms with Crippen LogP contribution >= 0.6 is 0 Å². The molecule has 2 aliphatic heterocycles. The van der Waals surface area contributed by atoms with Gasteiger partial charge < -0.3 is 4.74 Å². The Labute approximate surface area is 84.2 Å². The number of nitrogens with zero attached hydrogens (tertiary/aromatic N) is 1. The molecule has 0 radical (unpaired) electrons. The van der Waals surface area contributed by atoms with Crippen molar-refractivity contribution in [2.75, 3.05) is 26.3 Å². The lowest BCUT2D eigenvalue weighted by Gasteiger charge is -2.41. The molecule has 0 bridgehead atoms. The van der Waals surface area contributed by atoms with Crippen molar-refractivity contribution < 1.29 is 13.5 Å². The van der Waals surface area contributed by atoms with Crippen LogP contribution in [0.2, 0.25) is 0 Å². The fraction of sp³-hybridized carbons (Fsp3) is 1.00.